The van der Waals surface area contributed by atoms with Crippen molar-refractivity contribution in [3.8, 4) is 11.5 Å². The predicted octanol–water partition coefficient (Wildman–Crippen LogP) is 3.83. The molecule has 2 amide bonds. The van der Waals surface area contributed by atoms with Crippen molar-refractivity contribution >= 4 is 29.1 Å². The van der Waals surface area contributed by atoms with E-state index in [4.69, 9.17) is 20.5 Å². The molecule has 1 aromatic carbocycles. The molecule has 3 aromatic rings. The van der Waals surface area contributed by atoms with Crippen molar-refractivity contribution < 1.29 is 18.5 Å². The summed E-state index contributed by atoms with van der Waals surface area (Å²) in [5.41, 5.74) is 0.776. The van der Waals surface area contributed by atoms with Gasteiger partial charge in [-0.3, -0.25) is 9.59 Å². The maximum absolute atomic E-state index is 12.8. The van der Waals surface area contributed by atoms with Gasteiger partial charge in [-0.15, -0.1) is 0 Å². The van der Waals surface area contributed by atoms with E-state index < -0.39 is 6.04 Å². The van der Waals surface area contributed by atoms with E-state index in [2.05, 4.69) is 10.5 Å². The van der Waals surface area contributed by atoms with Crippen LogP contribution in [0.4, 0.5) is 5.69 Å². The Morgan fingerprint density at radius 1 is 1.19 bits per heavy atom. The molecule has 7 nitrogen and oxygen atoms in total. The van der Waals surface area contributed by atoms with Crippen LogP contribution in [0, 0.1) is 0 Å². The number of amides is 2. The summed E-state index contributed by atoms with van der Waals surface area (Å²) in [6.07, 6.45) is 2.85. The van der Waals surface area contributed by atoms with Crippen LogP contribution < -0.4 is 5.32 Å². The molecule has 0 radical (unpaired) electrons. The van der Waals surface area contributed by atoms with Gasteiger partial charge in [0, 0.05) is 23.3 Å². The second kappa shape index (κ2) is 7.28. The molecule has 0 spiro atoms. The number of carbonyl (C=O) groups excluding carboxylic acids is 2. The minimum absolute atomic E-state index is 0.146. The zero-order valence-corrected chi connectivity index (χ0v) is 15.0. The molecule has 1 fully saturated rings. The van der Waals surface area contributed by atoms with Gasteiger partial charge >= 0.3 is 0 Å². The first-order valence-electron chi connectivity index (χ1n) is 8.50. The number of nitrogens with one attached hydrogen (secondary N) is 1. The Morgan fingerprint density at radius 3 is 2.74 bits per heavy atom. The monoisotopic (exact) mass is 385 g/mol. The Bertz CT molecular complexity index is 950. The van der Waals surface area contributed by atoms with Crippen LogP contribution in [-0.2, 0) is 4.79 Å². The first-order chi connectivity index (χ1) is 13.1. The molecular formula is C19H16ClN3O4. The van der Waals surface area contributed by atoms with E-state index in [9.17, 15) is 9.59 Å². The molecule has 0 unspecified atom stereocenters. The highest BCUT2D eigenvalue weighted by atomic mass is 35.5. The normalized spacial score (nSPS) is 16.5. The molecule has 8 heteroatoms. The molecule has 0 bridgehead atoms. The summed E-state index contributed by atoms with van der Waals surface area (Å²) in [6, 6.07) is 11.2. The van der Waals surface area contributed by atoms with Crippen LogP contribution in [0.1, 0.15) is 23.3 Å². The van der Waals surface area contributed by atoms with Crippen molar-refractivity contribution in [1.82, 2.24) is 10.1 Å². The highest BCUT2D eigenvalue weighted by Gasteiger charge is 2.36. The molecule has 1 N–H and O–H groups in total. The summed E-state index contributed by atoms with van der Waals surface area (Å²) in [6.45, 7) is 0.487. The van der Waals surface area contributed by atoms with Crippen LogP contribution in [0.3, 0.4) is 0 Å². The minimum atomic E-state index is -0.558. The van der Waals surface area contributed by atoms with Gasteiger partial charge in [-0.2, -0.15) is 0 Å². The lowest BCUT2D eigenvalue weighted by atomic mass is 10.2. The summed E-state index contributed by atoms with van der Waals surface area (Å²) in [5.74, 6) is 0.271. The van der Waals surface area contributed by atoms with Crippen LogP contribution >= 0.6 is 11.6 Å². The molecule has 1 atom stereocenters. The molecular weight excluding hydrogens is 370 g/mol. The van der Waals surface area contributed by atoms with Gasteiger partial charge < -0.3 is 19.2 Å². The molecule has 0 saturated carbocycles. The first-order valence-corrected chi connectivity index (χ1v) is 8.87. The average molecular weight is 386 g/mol. The van der Waals surface area contributed by atoms with Crippen molar-refractivity contribution in [3.63, 3.8) is 0 Å². The van der Waals surface area contributed by atoms with Crippen molar-refractivity contribution in [2.75, 3.05) is 11.9 Å². The van der Waals surface area contributed by atoms with Crippen molar-refractivity contribution in [2.45, 2.75) is 18.9 Å². The second-order valence-electron chi connectivity index (χ2n) is 6.21. The molecule has 4 rings (SSSR count). The van der Waals surface area contributed by atoms with E-state index in [1.54, 1.807) is 36.4 Å². The number of rotatable bonds is 4. The van der Waals surface area contributed by atoms with Gasteiger partial charge in [0.15, 0.2) is 11.5 Å². The summed E-state index contributed by atoms with van der Waals surface area (Å²) < 4.78 is 10.4. The fraction of sp³-hybridized carbons (Fsp3) is 0.211. The van der Waals surface area contributed by atoms with E-state index in [1.807, 2.05) is 0 Å². The fourth-order valence-corrected chi connectivity index (χ4v) is 3.23. The highest BCUT2D eigenvalue weighted by Crippen LogP contribution is 2.25. The quantitative estimate of drug-likeness (QED) is 0.737. The molecule has 2 aromatic heterocycles. The van der Waals surface area contributed by atoms with Crippen molar-refractivity contribution in [2.24, 2.45) is 0 Å². The van der Waals surface area contributed by atoms with Crippen LogP contribution in [0.5, 0.6) is 0 Å². The van der Waals surface area contributed by atoms with E-state index in [1.165, 1.54) is 17.2 Å². The number of likely N-dealkylation sites (tertiary alicyclic amines) is 1. The SMILES string of the molecule is O=C(Nc1ccc(Cl)cc1)[C@@H]1CCCN1C(=O)c1cc(-c2ccco2)on1. The number of anilines is 1. The third-order valence-electron chi connectivity index (χ3n) is 4.42. The van der Waals surface area contributed by atoms with Gasteiger partial charge in [-0.1, -0.05) is 16.8 Å². The van der Waals surface area contributed by atoms with Gasteiger partial charge in [0.2, 0.25) is 11.7 Å². The summed E-state index contributed by atoms with van der Waals surface area (Å²) in [7, 11) is 0. The number of hydrogen-bond donors (Lipinski definition) is 1. The number of nitrogens with zero attached hydrogens (tertiary/aromatic N) is 2. The van der Waals surface area contributed by atoms with Gasteiger partial charge in [-0.25, -0.2) is 0 Å². The Hall–Kier alpha value is -3.06. The zero-order valence-electron chi connectivity index (χ0n) is 14.2. The Morgan fingerprint density at radius 2 is 2.00 bits per heavy atom. The largest absolute Gasteiger partial charge is 0.461 e. The number of furan rings is 1. The molecule has 3 heterocycles. The summed E-state index contributed by atoms with van der Waals surface area (Å²) in [4.78, 5) is 27.0. The fourth-order valence-electron chi connectivity index (χ4n) is 3.10. The second-order valence-corrected chi connectivity index (χ2v) is 6.64. The van der Waals surface area contributed by atoms with Gasteiger partial charge in [0.05, 0.1) is 6.26 Å². The first kappa shape index (κ1) is 17.4. The standard InChI is InChI=1S/C19H16ClN3O4/c20-12-5-7-13(8-6-12)21-18(24)15-3-1-9-23(15)19(25)14-11-17(27-22-14)16-4-2-10-26-16/h2,4-8,10-11,15H,1,3,9H2,(H,21,24)/t15-/m0/s1. The number of hydrogen-bond acceptors (Lipinski definition) is 5. The molecule has 1 aliphatic heterocycles. The van der Waals surface area contributed by atoms with Crippen molar-refractivity contribution in [3.05, 3.63) is 59.4 Å². The van der Waals surface area contributed by atoms with Crippen molar-refractivity contribution in [1.29, 1.82) is 0 Å². The van der Waals surface area contributed by atoms with Gasteiger partial charge in [0.1, 0.15) is 6.04 Å². The summed E-state index contributed by atoms with van der Waals surface area (Å²) in [5, 5.41) is 7.24. The number of benzene rings is 1. The molecule has 1 saturated heterocycles. The van der Waals surface area contributed by atoms with E-state index >= 15 is 0 Å². The lowest BCUT2D eigenvalue weighted by Gasteiger charge is -2.23. The van der Waals surface area contributed by atoms with Crippen LogP contribution in [0.15, 0.2) is 57.7 Å². The maximum atomic E-state index is 12.8. The average Bonchev–Trinajstić information content (AvgIpc) is 3.42. The lowest BCUT2D eigenvalue weighted by Crippen LogP contribution is -2.43. The molecule has 138 valence electrons. The third-order valence-corrected chi connectivity index (χ3v) is 4.67. The van der Waals surface area contributed by atoms with E-state index in [-0.39, 0.29) is 17.5 Å². The Balaban J connectivity index is 1.48. The molecule has 0 aliphatic carbocycles. The Kier molecular flexibility index (Phi) is 4.68. The molecule has 27 heavy (non-hydrogen) atoms. The lowest BCUT2D eigenvalue weighted by molar-refractivity contribution is -0.119. The summed E-state index contributed by atoms with van der Waals surface area (Å²) >= 11 is 5.86. The predicted molar refractivity (Wildman–Crippen MR) is 98.3 cm³/mol. The zero-order chi connectivity index (χ0) is 18.8. The number of carbonyl (C=O) groups is 2. The minimum Gasteiger partial charge on any atom is -0.461 e. The third kappa shape index (κ3) is 3.59. The van der Waals surface area contributed by atoms with Crippen LogP contribution in [-0.4, -0.2) is 34.5 Å². The number of halogens is 1. The number of aromatic nitrogens is 1. The van der Waals surface area contributed by atoms with Crippen LogP contribution in [0.25, 0.3) is 11.5 Å². The van der Waals surface area contributed by atoms with Gasteiger partial charge in [0.25, 0.3) is 5.91 Å². The van der Waals surface area contributed by atoms with E-state index in [0.717, 1.165) is 6.42 Å². The molecule has 1 aliphatic rings. The maximum Gasteiger partial charge on any atom is 0.276 e. The van der Waals surface area contributed by atoms with E-state index in [0.29, 0.717) is 35.2 Å². The topological polar surface area (TPSA) is 88.6 Å². The highest BCUT2D eigenvalue weighted by molar-refractivity contribution is 6.30. The smallest absolute Gasteiger partial charge is 0.276 e. The van der Waals surface area contributed by atoms with Gasteiger partial charge in [-0.05, 0) is 49.2 Å². The Labute approximate surface area is 159 Å². The van der Waals surface area contributed by atoms with Crippen LogP contribution in [0.2, 0.25) is 5.02 Å².